The first kappa shape index (κ1) is 9.85. The van der Waals surface area contributed by atoms with Crippen molar-refractivity contribution >= 4 is 5.91 Å². The second kappa shape index (κ2) is 3.32. The van der Waals surface area contributed by atoms with E-state index in [1.807, 2.05) is 23.1 Å². The number of rotatable bonds is 1. The third kappa shape index (κ3) is 1.04. The maximum atomic E-state index is 12.3. The maximum Gasteiger partial charge on any atom is 0.256 e. The van der Waals surface area contributed by atoms with Crippen LogP contribution in [0.1, 0.15) is 35.7 Å². The van der Waals surface area contributed by atoms with Crippen molar-refractivity contribution in [2.24, 2.45) is 0 Å². The molecule has 0 saturated carbocycles. The van der Waals surface area contributed by atoms with Gasteiger partial charge in [-0.3, -0.25) is 10.1 Å². The van der Waals surface area contributed by atoms with Gasteiger partial charge in [-0.15, -0.1) is 0 Å². The molecule has 2 aliphatic rings. The topological polar surface area (TPSA) is 32.3 Å². The molecular formula is C13H16N2O. The van der Waals surface area contributed by atoms with Gasteiger partial charge in [0, 0.05) is 17.7 Å². The highest BCUT2D eigenvalue weighted by Gasteiger charge is 2.49. The number of hydrogen-bond acceptors (Lipinski definition) is 2. The van der Waals surface area contributed by atoms with Gasteiger partial charge in [-0.25, -0.2) is 0 Å². The van der Waals surface area contributed by atoms with Crippen molar-refractivity contribution in [3.8, 4) is 0 Å². The van der Waals surface area contributed by atoms with E-state index in [1.54, 1.807) is 0 Å². The van der Waals surface area contributed by atoms with E-state index in [0.717, 1.165) is 37.1 Å². The van der Waals surface area contributed by atoms with Gasteiger partial charge in [0.05, 0.1) is 0 Å². The van der Waals surface area contributed by atoms with Crippen molar-refractivity contribution in [1.82, 2.24) is 10.2 Å². The standard InChI is InChI=1S/C13H16N2O/c1-2-13-11-7-4-3-6-10(11)12(16)15(13)9-5-8-14-13/h3-4,6-7,14H,2,5,8-9H2,1H3. The normalized spacial score (nSPS) is 27.8. The van der Waals surface area contributed by atoms with Crippen molar-refractivity contribution < 1.29 is 4.79 Å². The molecule has 0 aromatic heterocycles. The summed E-state index contributed by atoms with van der Waals surface area (Å²) in [7, 11) is 0. The van der Waals surface area contributed by atoms with Gasteiger partial charge < -0.3 is 4.90 Å². The Morgan fingerprint density at radius 1 is 1.44 bits per heavy atom. The molecule has 2 heterocycles. The molecule has 3 nitrogen and oxygen atoms in total. The first-order chi connectivity index (χ1) is 7.79. The molecule has 1 atom stereocenters. The summed E-state index contributed by atoms with van der Waals surface area (Å²) in [6.07, 6.45) is 1.97. The lowest BCUT2D eigenvalue weighted by Crippen LogP contribution is -2.58. The van der Waals surface area contributed by atoms with Crippen molar-refractivity contribution in [1.29, 1.82) is 0 Å². The molecule has 0 spiro atoms. The van der Waals surface area contributed by atoms with E-state index in [4.69, 9.17) is 0 Å². The minimum Gasteiger partial charge on any atom is -0.316 e. The van der Waals surface area contributed by atoms with Crippen LogP contribution in [0.4, 0.5) is 0 Å². The van der Waals surface area contributed by atoms with Crippen LogP contribution in [0.2, 0.25) is 0 Å². The molecule has 0 bridgehead atoms. The number of carbonyl (C=O) groups excluding carboxylic acids is 1. The van der Waals surface area contributed by atoms with Gasteiger partial charge in [-0.1, -0.05) is 25.1 Å². The average molecular weight is 216 g/mol. The molecule has 1 saturated heterocycles. The van der Waals surface area contributed by atoms with Crippen LogP contribution in [-0.2, 0) is 5.66 Å². The summed E-state index contributed by atoms with van der Waals surface area (Å²) in [6, 6.07) is 7.98. The van der Waals surface area contributed by atoms with E-state index < -0.39 is 0 Å². The lowest BCUT2D eigenvalue weighted by Gasteiger charge is -2.43. The van der Waals surface area contributed by atoms with Gasteiger partial charge in [-0.05, 0) is 25.5 Å². The van der Waals surface area contributed by atoms with Gasteiger partial charge in [0.2, 0.25) is 0 Å². The van der Waals surface area contributed by atoms with E-state index in [-0.39, 0.29) is 11.6 Å². The third-order valence-electron chi connectivity index (χ3n) is 3.80. The van der Waals surface area contributed by atoms with E-state index >= 15 is 0 Å². The molecule has 3 rings (SSSR count). The zero-order chi connectivity index (χ0) is 11.2. The molecule has 1 unspecified atom stereocenters. The number of benzene rings is 1. The predicted octanol–water partition coefficient (Wildman–Crippen LogP) is 1.70. The molecule has 1 N–H and O–H groups in total. The molecule has 84 valence electrons. The predicted molar refractivity (Wildman–Crippen MR) is 62.1 cm³/mol. The van der Waals surface area contributed by atoms with Crippen molar-refractivity contribution in [3.05, 3.63) is 35.4 Å². The molecule has 3 heteroatoms. The van der Waals surface area contributed by atoms with Crippen LogP contribution in [0.15, 0.2) is 24.3 Å². The number of nitrogens with one attached hydrogen (secondary N) is 1. The Morgan fingerprint density at radius 2 is 2.25 bits per heavy atom. The average Bonchev–Trinajstić information content (AvgIpc) is 2.62. The summed E-state index contributed by atoms with van der Waals surface area (Å²) in [5.41, 5.74) is 1.80. The zero-order valence-corrected chi connectivity index (χ0v) is 9.49. The van der Waals surface area contributed by atoms with Gasteiger partial charge in [0.1, 0.15) is 5.66 Å². The maximum absolute atomic E-state index is 12.3. The van der Waals surface area contributed by atoms with E-state index in [2.05, 4.69) is 18.3 Å². The van der Waals surface area contributed by atoms with Crippen molar-refractivity contribution in [2.75, 3.05) is 13.1 Å². The van der Waals surface area contributed by atoms with Crippen LogP contribution in [0.3, 0.4) is 0 Å². The largest absolute Gasteiger partial charge is 0.316 e. The van der Waals surface area contributed by atoms with E-state index in [1.165, 1.54) is 0 Å². The lowest BCUT2D eigenvalue weighted by molar-refractivity contribution is 0.0287. The van der Waals surface area contributed by atoms with Crippen LogP contribution in [-0.4, -0.2) is 23.9 Å². The molecule has 1 aromatic carbocycles. The summed E-state index contributed by atoms with van der Waals surface area (Å²) in [5.74, 6) is 0.185. The number of amides is 1. The van der Waals surface area contributed by atoms with Gasteiger partial charge in [0.15, 0.2) is 0 Å². The fraction of sp³-hybridized carbons (Fsp3) is 0.462. The van der Waals surface area contributed by atoms with Gasteiger partial charge in [0.25, 0.3) is 5.91 Å². The minimum absolute atomic E-state index is 0.185. The SMILES string of the molecule is CCC12NCCCN1C(=O)c1ccccc12. The fourth-order valence-corrected chi connectivity index (χ4v) is 3.02. The summed E-state index contributed by atoms with van der Waals surface area (Å²) in [5, 5.41) is 3.54. The van der Waals surface area contributed by atoms with Crippen LogP contribution >= 0.6 is 0 Å². The Balaban J connectivity index is 2.20. The molecule has 1 fully saturated rings. The van der Waals surface area contributed by atoms with Crippen LogP contribution in [0.25, 0.3) is 0 Å². The Bertz CT molecular complexity index is 443. The van der Waals surface area contributed by atoms with Crippen LogP contribution < -0.4 is 5.32 Å². The Hall–Kier alpha value is -1.35. The number of fused-ring (bicyclic) bond motifs is 3. The highest BCUT2D eigenvalue weighted by molar-refractivity contribution is 6.00. The van der Waals surface area contributed by atoms with Gasteiger partial charge in [-0.2, -0.15) is 0 Å². The minimum atomic E-state index is -0.230. The second-order valence-electron chi connectivity index (χ2n) is 4.50. The molecule has 1 amide bonds. The Morgan fingerprint density at radius 3 is 3.06 bits per heavy atom. The first-order valence-electron chi connectivity index (χ1n) is 5.96. The fourth-order valence-electron chi connectivity index (χ4n) is 3.02. The summed E-state index contributed by atoms with van der Waals surface area (Å²) < 4.78 is 0. The third-order valence-corrected chi connectivity index (χ3v) is 3.80. The Kier molecular flexibility index (Phi) is 2.04. The number of carbonyl (C=O) groups is 1. The summed E-state index contributed by atoms with van der Waals surface area (Å²) in [6.45, 7) is 4.00. The molecular weight excluding hydrogens is 200 g/mol. The number of hydrogen-bond donors (Lipinski definition) is 1. The molecule has 0 radical (unpaired) electrons. The molecule has 2 aliphatic heterocycles. The van der Waals surface area contributed by atoms with Gasteiger partial charge >= 0.3 is 0 Å². The molecule has 16 heavy (non-hydrogen) atoms. The highest BCUT2D eigenvalue weighted by Crippen LogP contribution is 2.40. The zero-order valence-electron chi connectivity index (χ0n) is 9.49. The monoisotopic (exact) mass is 216 g/mol. The van der Waals surface area contributed by atoms with Crippen molar-refractivity contribution in [3.63, 3.8) is 0 Å². The van der Waals surface area contributed by atoms with E-state index in [0.29, 0.717) is 0 Å². The Labute approximate surface area is 95.4 Å². The van der Waals surface area contributed by atoms with E-state index in [9.17, 15) is 4.79 Å². The first-order valence-corrected chi connectivity index (χ1v) is 5.96. The summed E-state index contributed by atoms with van der Waals surface area (Å²) in [4.78, 5) is 14.3. The lowest BCUT2D eigenvalue weighted by atomic mass is 9.94. The number of nitrogens with zero attached hydrogens (tertiary/aromatic N) is 1. The quantitative estimate of drug-likeness (QED) is 0.775. The summed E-state index contributed by atoms with van der Waals surface area (Å²) >= 11 is 0. The molecule has 0 aliphatic carbocycles. The van der Waals surface area contributed by atoms with Crippen LogP contribution in [0, 0.1) is 0 Å². The highest BCUT2D eigenvalue weighted by atomic mass is 16.2. The second-order valence-corrected chi connectivity index (χ2v) is 4.50. The van der Waals surface area contributed by atoms with Crippen LogP contribution in [0.5, 0.6) is 0 Å². The van der Waals surface area contributed by atoms with Crippen molar-refractivity contribution in [2.45, 2.75) is 25.4 Å². The smallest absolute Gasteiger partial charge is 0.256 e. The molecule has 1 aromatic rings.